The smallest absolute Gasteiger partial charge is 0.259 e. The van der Waals surface area contributed by atoms with Crippen molar-refractivity contribution in [1.29, 1.82) is 0 Å². The van der Waals surface area contributed by atoms with Gasteiger partial charge in [0.1, 0.15) is 0 Å². The van der Waals surface area contributed by atoms with Crippen LogP contribution < -0.4 is 10.6 Å². The first-order valence-electron chi connectivity index (χ1n) is 16.4. The molecule has 9 rings (SSSR count). The first-order valence-corrected chi connectivity index (χ1v) is 16.4. The van der Waals surface area contributed by atoms with Gasteiger partial charge in [0, 0.05) is 27.5 Å². The highest BCUT2D eigenvalue weighted by atomic mass is 16.2. The molecule has 2 aliphatic rings. The Hall–Kier alpha value is -5.88. The van der Waals surface area contributed by atoms with Crippen LogP contribution in [0.2, 0.25) is 0 Å². The molecular formula is C42H30N2O4. The maximum absolute atomic E-state index is 14.0. The van der Waals surface area contributed by atoms with E-state index in [0.717, 1.165) is 56.3 Å². The average Bonchev–Trinajstić information content (AvgIpc) is 3.07. The largest absolute Gasteiger partial charge is 0.288 e. The Labute approximate surface area is 276 Å². The number of benzene rings is 7. The van der Waals surface area contributed by atoms with Crippen LogP contribution in [-0.2, 0) is 25.7 Å². The Bertz CT molecular complexity index is 2590. The first kappa shape index (κ1) is 28.4. The van der Waals surface area contributed by atoms with Crippen LogP contribution in [0.1, 0.15) is 74.8 Å². The summed E-state index contributed by atoms with van der Waals surface area (Å²) in [5.41, 5.74) is 8.72. The van der Waals surface area contributed by atoms with Crippen molar-refractivity contribution in [2.24, 2.45) is 0 Å². The van der Waals surface area contributed by atoms with E-state index in [1.807, 2.05) is 30.3 Å². The minimum Gasteiger partial charge on any atom is -0.288 e. The van der Waals surface area contributed by atoms with Gasteiger partial charge < -0.3 is 0 Å². The molecule has 4 amide bonds. The topological polar surface area (TPSA) is 92.3 Å². The van der Waals surface area contributed by atoms with E-state index in [9.17, 15) is 19.2 Å². The van der Waals surface area contributed by atoms with Crippen LogP contribution in [0.5, 0.6) is 0 Å². The van der Waals surface area contributed by atoms with Gasteiger partial charge in [-0.05, 0) is 112 Å². The fraction of sp³-hybridized carbons (Fsp3) is 0.143. The predicted octanol–water partition coefficient (Wildman–Crippen LogP) is 7.69. The number of amides is 4. The van der Waals surface area contributed by atoms with Gasteiger partial charge in [0.15, 0.2) is 0 Å². The average molecular weight is 627 g/mol. The molecule has 0 atom stereocenters. The number of carbonyl (C=O) groups is 4. The highest BCUT2D eigenvalue weighted by Crippen LogP contribution is 2.48. The van der Waals surface area contributed by atoms with Crippen molar-refractivity contribution in [3.05, 3.63) is 141 Å². The summed E-state index contributed by atoms with van der Waals surface area (Å²) in [5.74, 6) is -1.59. The maximum atomic E-state index is 14.0. The lowest BCUT2D eigenvalue weighted by Crippen LogP contribution is -2.36. The molecule has 48 heavy (non-hydrogen) atoms. The van der Waals surface area contributed by atoms with Crippen LogP contribution in [0, 0.1) is 13.8 Å². The van der Waals surface area contributed by atoms with E-state index in [1.54, 1.807) is 6.07 Å². The van der Waals surface area contributed by atoms with E-state index in [2.05, 4.69) is 73.0 Å². The van der Waals surface area contributed by atoms with Crippen molar-refractivity contribution >= 4 is 66.7 Å². The van der Waals surface area contributed by atoms with E-state index in [0.29, 0.717) is 45.9 Å². The van der Waals surface area contributed by atoms with Crippen molar-refractivity contribution in [3.8, 4) is 0 Å². The fourth-order valence-corrected chi connectivity index (χ4v) is 8.29. The van der Waals surface area contributed by atoms with Crippen LogP contribution in [0.25, 0.3) is 43.1 Å². The molecule has 232 valence electrons. The molecule has 0 aromatic heterocycles. The van der Waals surface area contributed by atoms with Crippen molar-refractivity contribution in [2.75, 3.05) is 0 Å². The molecule has 0 saturated heterocycles. The third-order valence-electron chi connectivity index (χ3n) is 10.3. The molecule has 6 heteroatoms. The van der Waals surface area contributed by atoms with Crippen LogP contribution in [0.3, 0.4) is 0 Å². The molecule has 2 N–H and O–H groups in total. The lowest BCUT2D eigenvalue weighted by molar-refractivity contribution is 0.0828. The molecular weight excluding hydrogens is 596 g/mol. The van der Waals surface area contributed by atoms with Gasteiger partial charge in [0.25, 0.3) is 23.6 Å². The molecule has 0 radical (unpaired) electrons. The summed E-state index contributed by atoms with van der Waals surface area (Å²) in [5, 5.41) is 11.9. The van der Waals surface area contributed by atoms with Crippen molar-refractivity contribution in [2.45, 2.75) is 39.5 Å². The number of hydrogen-bond acceptors (Lipinski definition) is 4. The van der Waals surface area contributed by atoms with E-state index in [4.69, 9.17) is 0 Å². The SMILES string of the molecule is Cc1cccc(CCc2c3c4c(ccc5c6ccc7c8c(ccc(c(c2CCc2cccc(C)c2)c45)c86)C(=O)NC7=O)C(=O)NC3=O)c1. The van der Waals surface area contributed by atoms with Crippen molar-refractivity contribution < 1.29 is 19.2 Å². The third-order valence-corrected chi connectivity index (χ3v) is 10.3. The quantitative estimate of drug-likeness (QED) is 0.112. The summed E-state index contributed by atoms with van der Waals surface area (Å²) in [6, 6.07) is 28.2. The van der Waals surface area contributed by atoms with Gasteiger partial charge in [0.05, 0.1) is 5.56 Å². The Balaban J connectivity index is 1.44. The Kier molecular flexibility index (Phi) is 6.09. The van der Waals surface area contributed by atoms with Crippen molar-refractivity contribution in [3.63, 3.8) is 0 Å². The lowest BCUT2D eigenvalue weighted by atomic mass is 9.77. The molecule has 6 nitrogen and oxygen atoms in total. The van der Waals surface area contributed by atoms with Gasteiger partial charge in [-0.15, -0.1) is 0 Å². The number of carbonyl (C=O) groups excluding carboxylic acids is 4. The minimum atomic E-state index is -0.409. The summed E-state index contributed by atoms with van der Waals surface area (Å²) < 4.78 is 0. The van der Waals surface area contributed by atoms with E-state index < -0.39 is 17.7 Å². The number of hydrogen-bond donors (Lipinski definition) is 2. The Morgan fingerprint density at radius 1 is 0.438 bits per heavy atom. The van der Waals surface area contributed by atoms with Gasteiger partial charge in [-0.3, -0.25) is 29.8 Å². The summed E-state index contributed by atoms with van der Waals surface area (Å²) >= 11 is 0. The summed E-state index contributed by atoms with van der Waals surface area (Å²) in [7, 11) is 0. The molecule has 7 aromatic carbocycles. The summed E-state index contributed by atoms with van der Waals surface area (Å²) in [6.45, 7) is 4.16. The zero-order valence-corrected chi connectivity index (χ0v) is 26.5. The van der Waals surface area contributed by atoms with Crippen LogP contribution in [-0.4, -0.2) is 23.6 Å². The second-order valence-electron chi connectivity index (χ2n) is 13.2. The highest BCUT2D eigenvalue weighted by Gasteiger charge is 2.34. The standard InChI is InChI=1S/C42H30N2O4/c1-21-5-3-7-23(19-21)9-11-25-28(12-10-24-8-4-6-22(2)20-24)38-37-32(41(47)44-42(38)48)17-14-27-26-13-16-30-35-31(40(46)43-39(30)45)18-15-29(33(26)35)34(25)36(27)37/h3-8,13-20H,9-12H2,1-2H3,(H,43,45,46)(H,44,47,48). The van der Waals surface area contributed by atoms with Crippen molar-refractivity contribution in [1.82, 2.24) is 10.6 Å². The molecule has 2 aliphatic heterocycles. The minimum absolute atomic E-state index is 0.370. The number of nitrogens with one attached hydrogen (secondary N) is 2. The fourth-order valence-electron chi connectivity index (χ4n) is 8.29. The number of imide groups is 2. The van der Waals surface area contributed by atoms with Gasteiger partial charge in [-0.1, -0.05) is 77.9 Å². The molecule has 0 aliphatic carbocycles. The zero-order valence-electron chi connectivity index (χ0n) is 26.5. The Morgan fingerprint density at radius 3 is 1.52 bits per heavy atom. The number of fused-ring (bicyclic) bond motifs is 2. The van der Waals surface area contributed by atoms with E-state index in [-0.39, 0.29) is 5.91 Å². The van der Waals surface area contributed by atoms with Crippen LogP contribution >= 0.6 is 0 Å². The molecule has 7 aromatic rings. The second kappa shape index (κ2) is 10.3. The van der Waals surface area contributed by atoms with Gasteiger partial charge in [-0.25, -0.2) is 0 Å². The maximum Gasteiger partial charge on any atom is 0.259 e. The normalized spacial score (nSPS) is 14.0. The van der Waals surface area contributed by atoms with Crippen LogP contribution in [0.4, 0.5) is 0 Å². The molecule has 0 unspecified atom stereocenters. The molecule has 0 saturated carbocycles. The van der Waals surface area contributed by atoms with E-state index in [1.165, 1.54) is 22.3 Å². The highest BCUT2D eigenvalue weighted by molar-refractivity contribution is 6.42. The summed E-state index contributed by atoms with van der Waals surface area (Å²) in [4.78, 5) is 53.6. The Morgan fingerprint density at radius 2 is 0.938 bits per heavy atom. The van der Waals surface area contributed by atoms with Gasteiger partial charge >= 0.3 is 0 Å². The second-order valence-corrected chi connectivity index (χ2v) is 13.2. The third kappa shape index (κ3) is 4.05. The van der Waals surface area contributed by atoms with Gasteiger partial charge in [0.2, 0.25) is 0 Å². The molecule has 0 bridgehead atoms. The van der Waals surface area contributed by atoms with E-state index >= 15 is 0 Å². The van der Waals surface area contributed by atoms with Gasteiger partial charge in [-0.2, -0.15) is 0 Å². The monoisotopic (exact) mass is 626 g/mol. The number of aryl methyl sites for hydroxylation is 5. The molecule has 2 heterocycles. The van der Waals surface area contributed by atoms with Crippen LogP contribution in [0.15, 0.2) is 84.9 Å². The molecule has 0 spiro atoms. The molecule has 0 fully saturated rings. The number of rotatable bonds is 6. The first-order chi connectivity index (χ1) is 23.3. The summed E-state index contributed by atoms with van der Waals surface area (Å²) in [6.07, 6.45) is 2.73. The lowest BCUT2D eigenvalue weighted by Gasteiger charge is -2.28. The predicted molar refractivity (Wildman–Crippen MR) is 188 cm³/mol. The zero-order chi connectivity index (χ0) is 32.8.